The van der Waals surface area contributed by atoms with Crippen LogP contribution in [0, 0.1) is 23.2 Å². The summed E-state index contributed by atoms with van der Waals surface area (Å²) in [5, 5.41) is 2.55. The molecule has 1 N–H and O–H groups in total. The quantitative estimate of drug-likeness (QED) is 0.796. The smallest absolute Gasteiger partial charge is 0.230 e. The molecule has 1 aliphatic heterocycles. The molecule has 1 aliphatic carbocycles. The average Bonchev–Trinajstić information content (AvgIpc) is 2.34. The van der Waals surface area contributed by atoms with Gasteiger partial charge in [-0.25, -0.2) is 0 Å². The molecule has 0 aromatic carbocycles. The normalized spacial score (nSPS) is 35.8. The Hall–Kier alpha value is -0.860. The maximum Gasteiger partial charge on any atom is 0.230 e. The second kappa shape index (κ2) is 5.64. The van der Waals surface area contributed by atoms with E-state index in [1.807, 2.05) is 0 Å². The molecule has 3 unspecified atom stereocenters. The first kappa shape index (κ1) is 14.5. The molecular weight excluding hydrogens is 238 g/mol. The van der Waals surface area contributed by atoms with E-state index in [1.54, 1.807) is 0 Å². The molecule has 3 nitrogen and oxygen atoms in total. The zero-order valence-corrected chi connectivity index (χ0v) is 12.5. The van der Waals surface area contributed by atoms with Gasteiger partial charge in [0.2, 0.25) is 11.8 Å². The molecule has 0 bridgehead atoms. The number of rotatable bonds is 3. The summed E-state index contributed by atoms with van der Waals surface area (Å²) in [5.74, 6) is 1.31. The van der Waals surface area contributed by atoms with Crippen LogP contribution in [0.4, 0.5) is 0 Å². The van der Waals surface area contributed by atoms with Crippen LogP contribution in [0.2, 0.25) is 0 Å². The minimum atomic E-state index is -0.0539. The Bertz CT molecular complexity index is 364. The summed E-state index contributed by atoms with van der Waals surface area (Å²) in [6, 6.07) is 0. The Kier molecular flexibility index (Phi) is 4.32. The van der Waals surface area contributed by atoms with Gasteiger partial charge in [0.1, 0.15) is 0 Å². The van der Waals surface area contributed by atoms with E-state index in [9.17, 15) is 9.59 Å². The number of nitrogens with one attached hydrogen (secondary N) is 1. The lowest BCUT2D eigenvalue weighted by molar-refractivity contribution is -0.147. The van der Waals surface area contributed by atoms with Gasteiger partial charge >= 0.3 is 0 Å². The van der Waals surface area contributed by atoms with Gasteiger partial charge in [-0.3, -0.25) is 14.9 Å². The van der Waals surface area contributed by atoms with Crippen molar-refractivity contribution in [2.24, 2.45) is 23.2 Å². The van der Waals surface area contributed by atoms with Crippen LogP contribution in [0.1, 0.15) is 65.7 Å². The molecule has 1 saturated heterocycles. The van der Waals surface area contributed by atoms with E-state index >= 15 is 0 Å². The van der Waals surface area contributed by atoms with Crippen molar-refractivity contribution >= 4 is 11.8 Å². The van der Waals surface area contributed by atoms with Crippen LogP contribution < -0.4 is 5.32 Å². The van der Waals surface area contributed by atoms with Gasteiger partial charge in [-0.05, 0) is 36.5 Å². The summed E-state index contributed by atoms with van der Waals surface area (Å²) in [6.45, 7) is 6.66. The van der Waals surface area contributed by atoms with Crippen LogP contribution in [0.25, 0.3) is 0 Å². The fraction of sp³-hybridized carbons (Fsp3) is 0.875. The lowest BCUT2D eigenvalue weighted by atomic mass is 9.57. The van der Waals surface area contributed by atoms with Crippen LogP contribution in [0.3, 0.4) is 0 Å². The zero-order valence-electron chi connectivity index (χ0n) is 12.5. The summed E-state index contributed by atoms with van der Waals surface area (Å²) in [6.07, 6.45) is 7.04. The maximum absolute atomic E-state index is 12.2. The van der Waals surface area contributed by atoms with Gasteiger partial charge in [0.15, 0.2) is 0 Å². The molecule has 1 spiro atoms. The molecule has 1 heterocycles. The van der Waals surface area contributed by atoms with Crippen molar-refractivity contribution in [2.75, 3.05) is 0 Å². The van der Waals surface area contributed by atoms with Crippen LogP contribution in [0.5, 0.6) is 0 Å². The van der Waals surface area contributed by atoms with Gasteiger partial charge in [-0.15, -0.1) is 0 Å². The van der Waals surface area contributed by atoms with Crippen molar-refractivity contribution in [2.45, 2.75) is 65.7 Å². The molecular formula is C16H27NO2. The standard InChI is InChI=1S/C16H27NO2/c1-4-6-13-15(19)17-14(18)10-16(13)8-5-7-12(9-16)11(2)3/h11-13H,4-10H2,1-3H3,(H,17,18,19). The molecule has 0 aromatic heterocycles. The highest BCUT2D eigenvalue weighted by molar-refractivity contribution is 5.99. The van der Waals surface area contributed by atoms with Crippen molar-refractivity contribution in [3.63, 3.8) is 0 Å². The Morgan fingerprint density at radius 2 is 2.11 bits per heavy atom. The third kappa shape index (κ3) is 2.85. The number of hydrogen-bond acceptors (Lipinski definition) is 2. The van der Waals surface area contributed by atoms with Crippen LogP contribution in [-0.4, -0.2) is 11.8 Å². The highest BCUT2D eigenvalue weighted by atomic mass is 16.2. The summed E-state index contributed by atoms with van der Waals surface area (Å²) in [4.78, 5) is 24.1. The molecule has 1 saturated carbocycles. The molecule has 3 atom stereocenters. The van der Waals surface area contributed by atoms with Crippen LogP contribution in [-0.2, 0) is 9.59 Å². The number of piperidine rings is 1. The summed E-state index contributed by atoms with van der Waals surface area (Å²) < 4.78 is 0. The lowest BCUT2D eigenvalue weighted by Crippen LogP contribution is -2.54. The number of amides is 2. The van der Waals surface area contributed by atoms with E-state index in [-0.39, 0.29) is 23.1 Å². The average molecular weight is 265 g/mol. The fourth-order valence-corrected chi connectivity index (χ4v) is 4.20. The van der Waals surface area contributed by atoms with Crippen molar-refractivity contribution in [1.29, 1.82) is 0 Å². The van der Waals surface area contributed by atoms with E-state index in [4.69, 9.17) is 0 Å². The predicted molar refractivity (Wildman–Crippen MR) is 75.4 cm³/mol. The van der Waals surface area contributed by atoms with E-state index in [2.05, 4.69) is 26.1 Å². The third-order valence-electron chi connectivity index (χ3n) is 5.27. The maximum atomic E-state index is 12.2. The van der Waals surface area contributed by atoms with Gasteiger partial charge < -0.3 is 0 Å². The van der Waals surface area contributed by atoms with Gasteiger partial charge in [0, 0.05) is 12.3 Å². The van der Waals surface area contributed by atoms with Gasteiger partial charge in [0.25, 0.3) is 0 Å². The van der Waals surface area contributed by atoms with Gasteiger partial charge in [0.05, 0.1) is 0 Å². The molecule has 0 aromatic rings. The van der Waals surface area contributed by atoms with Crippen molar-refractivity contribution < 1.29 is 9.59 Å². The topological polar surface area (TPSA) is 46.2 Å². The Balaban J connectivity index is 2.24. The molecule has 2 aliphatic rings. The number of hydrogen-bond donors (Lipinski definition) is 1. The second-order valence-corrected chi connectivity index (χ2v) is 6.89. The van der Waals surface area contributed by atoms with E-state index in [0.717, 1.165) is 25.7 Å². The fourth-order valence-electron chi connectivity index (χ4n) is 4.20. The molecule has 3 heteroatoms. The van der Waals surface area contributed by atoms with E-state index in [1.165, 1.54) is 12.8 Å². The van der Waals surface area contributed by atoms with Gasteiger partial charge in [-0.1, -0.05) is 40.0 Å². The molecule has 0 radical (unpaired) electrons. The number of carbonyl (C=O) groups is 2. The summed E-state index contributed by atoms with van der Waals surface area (Å²) in [5.41, 5.74) is -0.0391. The summed E-state index contributed by atoms with van der Waals surface area (Å²) >= 11 is 0. The predicted octanol–water partition coefficient (Wildman–Crippen LogP) is 3.28. The molecule has 2 rings (SSSR count). The minimum Gasteiger partial charge on any atom is -0.296 e. The molecule has 19 heavy (non-hydrogen) atoms. The van der Waals surface area contributed by atoms with Crippen LogP contribution in [0.15, 0.2) is 0 Å². The molecule has 108 valence electrons. The zero-order chi connectivity index (χ0) is 14.0. The first-order valence-corrected chi connectivity index (χ1v) is 7.82. The number of carbonyl (C=O) groups excluding carboxylic acids is 2. The molecule has 2 amide bonds. The van der Waals surface area contributed by atoms with Crippen LogP contribution >= 0.6 is 0 Å². The highest BCUT2D eigenvalue weighted by Crippen LogP contribution is 2.51. The number of imide groups is 1. The van der Waals surface area contributed by atoms with Gasteiger partial charge in [-0.2, -0.15) is 0 Å². The van der Waals surface area contributed by atoms with Crippen molar-refractivity contribution in [3.8, 4) is 0 Å². The Morgan fingerprint density at radius 3 is 2.74 bits per heavy atom. The third-order valence-corrected chi connectivity index (χ3v) is 5.27. The highest BCUT2D eigenvalue weighted by Gasteiger charge is 2.50. The van der Waals surface area contributed by atoms with Crippen molar-refractivity contribution in [3.05, 3.63) is 0 Å². The first-order chi connectivity index (χ1) is 8.98. The Morgan fingerprint density at radius 1 is 1.37 bits per heavy atom. The largest absolute Gasteiger partial charge is 0.296 e. The lowest BCUT2D eigenvalue weighted by Gasteiger charge is -2.48. The monoisotopic (exact) mass is 265 g/mol. The van der Waals surface area contributed by atoms with E-state index < -0.39 is 0 Å². The first-order valence-electron chi connectivity index (χ1n) is 7.82. The second-order valence-electron chi connectivity index (χ2n) is 6.89. The Labute approximate surface area is 116 Å². The SMILES string of the molecule is CCCC1C(=O)NC(=O)CC12CCCC(C(C)C)C2. The summed E-state index contributed by atoms with van der Waals surface area (Å²) in [7, 11) is 0. The van der Waals surface area contributed by atoms with E-state index in [0.29, 0.717) is 18.3 Å². The molecule has 2 fully saturated rings. The van der Waals surface area contributed by atoms with Crippen molar-refractivity contribution in [1.82, 2.24) is 5.32 Å². The minimum absolute atomic E-state index is 0.0116.